The zero-order valence-corrected chi connectivity index (χ0v) is 13.6. The minimum Gasteiger partial charge on any atom is -0.490 e. The first-order valence-electron chi connectivity index (χ1n) is 6.68. The molecule has 0 bridgehead atoms. The van der Waals surface area contributed by atoms with Gasteiger partial charge in [0.1, 0.15) is 24.7 Å². The van der Waals surface area contributed by atoms with Crippen LogP contribution < -0.4 is 9.47 Å². The number of carbonyl (C=O) groups is 1. The second-order valence-electron chi connectivity index (χ2n) is 4.69. The topological polar surface area (TPSA) is 35.5 Å². The van der Waals surface area contributed by atoms with E-state index in [9.17, 15) is 4.79 Å². The molecule has 2 rings (SSSR count). The van der Waals surface area contributed by atoms with Crippen molar-refractivity contribution in [3.05, 3.63) is 57.6 Å². The van der Waals surface area contributed by atoms with E-state index < -0.39 is 0 Å². The van der Waals surface area contributed by atoms with Gasteiger partial charge in [-0.25, -0.2) is 0 Å². The smallest absolute Gasteiger partial charge is 0.153 e. The third-order valence-electron chi connectivity index (χ3n) is 3.25. The second kappa shape index (κ2) is 7.27. The summed E-state index contributed by atoms with van der Waals surface area (Å²) < 4.78 is 12.2. The number of benzene rings is 2. The Balaban J connectivity index is 1.90. The third-order valence-corrected chi connectivity index (χ3v) is 3.75. The number of aldehydes is 1. The highest BCUT2D eigenvalue weighted by Gasteiger charge is 2.05. The van der Waals surface area contributed by atoms with Crippen LogP contribution in [-0.2, 0) is 0 Å². The molecule has 4 heteroatoms. The summed E-state index contributed by atoms with van der Waals surface area (Å²) in [6, 6.07) is 11.3. The summed E-state index contributed by atoms with van der Waals surface area (Å²) in [4.78, 5) is 11.0. The average molecular weight is 349 g/mol. The lowest BCUT2D eigenvalue weighted by Crippen LogP contribution is -2.10. The quantitative estimate of drug-likeness (QED) is 0.575. The van der Waals surface area contributed by atoms with Crippen molar-refractivity contribution in [1.29, 1.82) is 0 Å². The van der Waals surface area contributed by atoms with Crippen LogP contribution in [0.2, 0.25) is 0 Å². The zero-order chi connectivity index (χ0) is 15.2. The van der Waals surface area contributed by atoms with Gasteiger partial charge in [0.15, 0.2) is 6.29 Å². The molecule has 0 N–H and O–H groups in total. The van der Waals surface area contributed by atoms with Crippen LogP contribution in [0.25, 0.3) is 0 Å². The van der Waals surface area contributed by atoms with Gasteiger partial charge in [0.05, 0.1) is 5.56 Å². The summed E-state index contributed by atoms with van der Waals surface area (Å²) in [6.07, 6.45) is 0.783. The Kier molecular flexibility index (Phi) is 5.39. The number of ether oxygens (including phenoxy) is 2. The molecule has 0 radical (unpaired) electrons. The average Bonchev–Trinajstić information content (AvgIpc) is 2.48. The Bertz CT molecular complexity index is 638. The molecule has 0 saturated carbocycles. The van der Waals surface area contributed by atoms with Crippen LogP contribution >= 0.6 is 15.9 Å². The van der Waals surface area contributed by atoms with Crippen molar-refractivity contribution >= 4 is 22.2 Å². The fourth-order valence-corrected chi connectivity index (χ4v) is 2.31. The van der Waals surface area contributed by atoms with Crippen LogP contribution in [0.3, 0.4) is 0 Å². The van der Waals surface area contributed by atoms with Crippen molar-refractivity contribution in [3.8, 4) is 11.5 Å². The predicted molar refractivity (Wildman–Crippen MR) is 86.4 cm³/mol. The Morgan fingerprint density at radius 1 is 1.05 bits per heavy atom. The molecule has 0 fully saturated rings. The van der Waals surface area contributed by atoms with Gasteiger partial charge in [-0.1, -0.05) is 28.1 Å². The zero-order valence-electron chi connectivity index (χ0n) is 12.1. The summed E-state index contributed by atoms with van der Waals surface area (Å²) in [5, 5.41) is 0. The van der Waals surface area contributed by atoms with Gasteiger partial charge in [-0.15, -0.1) is 0 Å². The Morgan fingerprint density at radius 2 is 1.76 bits per heavy atom. The monoisotopic (exact) mass is 348 g/mol. The molecule has 110 valence electrons. The van der Waals surface area contributed by atoms with E-state index in [4.69, 9.17) is 9.47 Å². The van der Waals surface area contributed by atoms with Crippen LogP contribution in [0.15, 0.2) is 40.9 Å². The van der Waals surface area contributed by atoms with Crippen molar-refractivity contribution in [3.63, 3.8) is 0 Å². The molecule has 0 unspecified atom stereocenters. The van der Waals surface area contributed by atoms with Gasteiger partial charge < -0.3 is 9.47 Å². The molecule has 0 amide bonds. The largest absolute Gasteiger partial charge is 0.490 e. The van der Waals surface area contributed by atoms with Gasteiger partial charge in [0, 0.05) is 4.47 Å². The lowest BCUT2D eigenvalue weighted by molar-refractivity contribution is 0.111. The van der Waals surface area contributed by atoms with E-state index in [1.54, 1.807) is 12.1 Å². The van der Waals surface area contributed by atoms with Gasteiger partial charge in [0.2, 0.25) is 0 Å². The lowest BCUT2D eigenvalue weighted by Gasteiger charge is -2.12. The van der Waals surface area contributed by atoms with Crippen LogP contribution in [0, 0.1) is 13.8 Å². The van der Waals surface area contributed by atoms with Crippen LogP contribution in [0.1, 0.15) is 21.5 Å². The molecule has 3 nitrogen and oxygen atoms in total. The van der Waals surface area contributed by atoms with Gasteiger partial charge in [-0.05, 0) is 49.2 Å². The number of hydrogen-bond donors (Lipinski definition) is 0. The molecule has 0 aliphatic rings. The molecule has 0 aliphatic heterocycles. The molecule has 2 aromatic carbocycles. The van der Waals surface area contributed by atoms with E-state index in [2.05, 4.69) is 28.9 Å². The molecule has 0 saturated heterocycles. The first-order chi connectivity index (χ1) is 10.1. The van der Waals surface area contributed by atoms with Crippen LogP contribution in [0.5, 0.6) is 11.5 Å². The fraction of sp³-hybridized carbons (Fsp3) is 0.235. The lowest BCUT2D eigenvalue weighted by atomic mass is 10.1. The summed E-state index contributed by atoms with van der Waals surface area (Å²) in [7, 11) is 0. The Morgan fingerprint density at radius 3 is 2.48 bits per heavy atom. The number of rotatable bonds is 6. The molecule has 0 atom stereocenters. The molecule has 2 aromatic rings. The van der Waals surface area contributed by atoms with E-state index >= 15 is 0 Å². The minimum absolute atomic E-state index is 0.385. The number of halogens is 1. The predicted octanol–water partition coefficient (Wildman–Crippen LogP) is 4.34. The standard InChI is InChI=1S/C17H17BrO3/c1-12-4-3-5-16(13(12)2)20-8-9-21-17-7-6-15(18)10-14(17)11-19/h3-7,10-11H,8-9H2,1-2H3. The third kappa shape index (κ3) is 4.08. The van der Waals surface area contributed by atoms with Crippen molar-refractivity contribution in [2.24, 2.45) is 0 Å². The van der Waals surface area contributed by atoms with Crippen molar-refractivity contribution in [2.45, 2.75) is 13.8 Å². The highest BCUT2D eigenvalue weighted by molar-refractivity contribution is 9.10. The second-order valence-corrected chi connectivity index (χ2v) is 5.61. The SMILES string of the molecule is Cc1cccc(OCCOc2ccc(Br)cc2C=O)c1C. The highest BCUT2D eigenvalue weighted by Crippen LogP contribution is 2.22. The fourth-order valence-electron chi connectivity index (χ4n) is 1.93. The summed E-state index contributed by atoms with van der Waals surface area (Å²) in [5.74, 6) is 1.43. The van der Waals surface area contributed by atoms with Crippen molar-refractivity contribution in [1.82, 2.24) is 0 Å². The molecule has 0 spiro atoms. The van der Waals surface area contributed by atoms with E-state index in [0.717, 1.165) is 22.1 Å². The van der Waals surface area contributed by atoms with Crippen LogP contribution in [0.4, 0.5) is 0 Å². The maximum atomic E-state index is 11.0. The van der Waals surface area contributed by atoms with Crippen molar-refractivity contribution < 1.29 is 14.3 Å². The minimum atomic E-state index is 0.385. The first kappa shape index (κ1) is 15.6. The van der Waals surface area contributed by atoms with Gasteiger partial charge in [-0.3, -0.25) is 4.79 Å². The molecular formula is C17H17BrO3. The molecular weight excluding hydrogens is 332 g/mol. The van der Waals surface area contributed by atoms with Crippen molar-refractivity contribution in [2.75, 3.05) is 13.2 Å². The first-order valence-corrected chi connectivity index (χ1v) is 7.47. The summed E-state index contributed by atoms with van der Waals surface area (Å²) >= 11 is 3.33. The Hall–Kier alpha value is -1.81. The van der Waals surface area contributed by atoms with E-state index in [0.29, 0.717) is 24.5 Å². The number of carbonyl (C=O) groups excluding carboxylic acids is 1. The Labute approximate surface area is 133 Å². The molecule has 0 heterocycles. The summed E-state index contributed by atoms with van der Waals surface area (Å²) in [6.45, 7) is 4.90. The van der Waals surface area contributed by atoms with Crippen LogP contribution in [-0.4, -0.2) is 19.5 Å². The highest BCUT2D eigenvalue weighted by atomic mass is 79.9. The van der Waals surface area contributed by atoms with E-state index in [-0.39, 0.29) is 0 Å². The number of hydrogen-bond acceptors (Lipinski definition) is 3. The van der Waals surface area contributed by atoms with E-state index in [1.807, 2.05) is 25.1 Å². The molecule has 21 heavy (non-hydrogen) atoms. The van der Waals surface area contributed by atoms with E-state index in [1.165, 1.54) is 5.56 Å². The molecule has 0 aromatic heterocycles. The maximum Gasteiger partial charge on any atom is 0.153 e. The van der Waals surface area contributed by atoms with Gasteiger partial charge >= 0.3 is 0 Å². The van der Waals surface area contributed by atoms with Gasteiger partial charge in [-0.2, -0.15) is 0 Å². The maximum absolute atomic E-state index is 11.0. The normalized spacial score (nSPS) is 10.2. The van der Waals surface area contributed by atoms with Gasteiger partial charge in [0.25, 0.3) is 0 Å². The summed E-state index contributed by atoms with van der Waals surface area (Å²) in [5.41, 5.74) is 2.86. The number of aryl methyl sites for hydroxylation is 1. The molecule has 0 aliphatic carbocycles.